The third-order valence-corrected chi connectivity index (χ3v) is 3.06. The van der Waals surface area contributed by atoms with Gasteiger partial charge in [-0.25, -0.2) is 0 Å². The van der Waals surface area contributed by atoms with Gasteiger partial charge in [0.25, 0.3) is 0 Å². The van der Waals surface area contributed by atoms with Gasteiger partial charge in [0.1, 0.15) is 5.78 Å². The molecule has 0 saturated heterocycles. The Morgan fingerprint density at radius 1 is 1.31 bits per heavy atom. The van der Waals surface area contributed by atoms with Crippen molar-refractivity contribution in [2.75, 3.05) is 0 Å². The summed E-state index contributed by atoms with van der Waals surface area (Å²) in [5, 5.41) is 0. The summed E-state index contributed by atoms with van der Waals surface area (Å²) in [4.78, 5) is 15.9. The lowest BCUT2D eigenvalue weighted by Crippen LogP contribution is -2.08. The van der Waals surface area contributed by atoms with E-state index < -0.39 is 0 Å². The summed E-state index contributed by atoms with van der Waals surface area (Å²) in [6, 6.07) is 5.84. The van der Waals surface area contributed by atoms with E-state index in [0.29, 0.717) is 18.1 Å². The van der Waals surface area contributed by atoms with Crippen molar-refractivity contribution in [3.8, 4) is 0 Å². The van der Waals surface area contributed by atoms with E-state index >= 15 is 0 Å². The number of hydrogen-bond donors (Lipinski definition) is 0. The number of hydrogen-bond acceptors (Lipinski definition) is 2. The first-order valence-electron chi connectivity index (χ1n) is 6.17. The summed E-state index contributed by atoms with van der Waals surface area (Å²) in [5.41, 5.74) is 1.01. The minimum atomic E-state index is 0.374. The molecule has 0 bridgehead atoms. The molecule has 0 spiro atoms. The van der Waals surface area contributed by atoms with Gasteiger partial charge in [0.15, 0.2) is 0 Å². The number of ketones is 1. The van der Waals surface area contributed by atoms with Crippen LogP contribution in [0.5, 0.6) is 0 Å². The molecule has 0 aliphatic heterocycles. The van der Waals surface area contributed by atoms with Crippen molar-refractivity contribution in [1.29, 1.82) is 0 Å². The predicted molar refractivity (Wildman–Crippen MR) is 66.3 cm³/mol. The van der Waals surface area contributed by atoms with Gasteiger partial charge in [-0.05, 0) is 24.5 Å². The molecule has 0 fully saturated rings. The van der Waals surface area contributed by atoms with Crippen LogP contribution >= 0.6 is 0 Å². The average Bonchev–Trinajstić information content (AvgIpc) is 2.34. The van der Waals surface area contributed by atoms with Crippen molar-refractivity contribution in [2.45, 2.75) is 46.0 Å². The number of aromatic nitrogens is 1. The van der Waals surface area contributed by atoms with Gasteiger partial charge in [-0.15, -0.1) is 0 Å². The second kappa shape index (κ2) is 7.15. The summed E-state index contributed by atoms with van der Waals surface area (Å²) in [5.74, 6) is 0.940. The predicted octanol–water partition coefficient (Wildman–Crippen LogP) is 3.41. The standard InChI is InChI=1S/C14H21NO/c1-3-12(4-2)11-14(16)9-8-13-7-5-6-10-15-13/h5-7,10,12H,3-4,8-9,11H2,1-2H3. The van der Waals surface area contributed by atoms with Crippen molar-refractivity contribution >= 4 is 5.78 Å². The van der Waals surface area contributed by atoms with Crippen LogP contribution in [-0.2, 0) is 11.2 Å². The molecule has 1 aromatic rings. The molecule has 0 amide bonds. The van der Waals surface area contributed by atoms with Gasteiger partial charge in [-0.2, -0.15) is 0 Å². The lowest BCUT2D eigenvalue weighted by molar-refractivity contribution is -0.120. The number of Topliss-reactive ketones (excluding diaryl/α,β-unsaturated/α-hetero) is 1. The van der Waals surface area contributed by atoms with E-state index in [0.717, 1.165) is 31.4 Å². The van der Waals surface area contributed by atoms with E-state index in [1.807, 2.05) is 18.2 Å². The van der Waals surface area contributed by atoms with Crippen LogP contribution in [0.4, 0.5) is 0 Å². The number of rotatable bonds is 7. The van der Waals surface area contributed by atoms with Crippen LogP contribution in [0.2, 0.25) is 0 Å². The Balaban J connectivity index is 2.30. The van der Waals surface area contributed by atoms with Gasteiger partial charge in [-0.1, -0.05) is 32.8 Å². The smallest absolute Gasteiger partial charge is 0.133 e. The Bertz CT molecular complexity index is 304. The molecule has 16 heavy (non-hydrogen) atoms. The highest BCUT2D eigenvalue weighted by atomic mass is 16.1. The van der Waals surface area contributed by atoms with Crippen LogP contribution in [-0.4, -0.2) is 10.8 Å². The molecule has 0 N–H and O–H groups in total. The van der Waals surface area contributed by atoms with Crippen molar-refractivity contribution in [2.24, 2.45) is 5.92 Å². The van der Waals surface area contributed by atoms with Crippen LogP contribution in [0.15, 0.2) is 24.4 Å². The lowest BCUT2D eigenvalue weighted by Gasteiger charge is -2.10. The molecule has 1 heterocycles. The first-order chi connectivity index (χ1) is 7.76. The molecular weight excluding hydrogens is 198 g/mol. The minimum absolute atomic E-state index is 0.374. The third-order valence-electron chi connectivity index (χ3n) is 3.06. The Hall–Kier alpha value is -1.18. The normalized spacial score (nSPS) is 10.7. The lowest BCUT2D eigenvalue weighted by atomic mass is 9.95. The van der Waals surface area contributed by atoms with Crippen LogP contribution in [0.25, 0.3) is 0 Å². The zero-order valence-electron chi connectivity index (χ0n) is 10.3. The quantitative estimate of drug-likeness (QED) is 0.703. The van der Waals surface area contributed by atoms with Crippen LogP contribution in [0.3, 0.4) is 0 Å². The van der Waals surface area contributed by atoms with Gasteiger partial charge in [0.2, 0.25) is 0 Å². The molecule has 2 heteroatoms. The number of pyridine rings is 1. The fraction of sp³-hybridized carbons (Fsp3) is 0.571. The molecule has 88 valence electrons. The van der Waals surface area contributed by atoms with E-state index in [9.17, 15) is 4.79 Å². The molecule has 1 aromatic heterocycles. The zero-order valence-corrected chi connectivity index (χ0v) is 10.3. The van der Waals surface area contributed by atoms with Crippen molar-refractivity contribution in [3.63, 3.8) is 0 Å². The number of aryl methyl sites for hydroxylation is 1. The molecule has 1 rings (SSSR count). The van der Waals surface area contributed by atoms with Gasteiger partial charge in [0.05, 0.1) is 0 Å². The maximum Gasteiger partial charge on any atom is 0.133 e. The third kappa shape index (κ3) is 4.56. The second-order valence-corrected chi connectivity index (χ2v) is 4.25. The highest BCUT2D eigenvalue weighted by molar-refractivity contribution is 5.78. The first-order valence-corrected chi connectivity index (χ1v) is 6.17. The summed E-state index contributed by atoms with van der Waals surface area (Å²) in [7, 11) is 0. The highest BCUT2D eigenvalue weighted by Gasteiger charge is 2.10. The molecule has 0 atom stereocenters. The van der Waals surface area contributed by atoms with E-state index in [4.69, 9.17) is 0 Å². The van der Waals surface area contributed by atoms with E-state index in [2.05, 4.69) is 18.8 Å². The van der Waals surface area contributed by atoms with Crippen molar-refractivity contribution in [1.82, 2.24) is 4.98 Å². The van der Waals surface area contributed by atoms with Crippen molar-refractivity contribution in [3.05, 3.63) is 30.1 Å². The Kier molecular flexibility index (Phi) is 5.76. The van der Waals surface area contributed by atoms with Gasteiger partial charge < -0.3 is 0 Å². The van der Waals surface area contributed by atoms with E-state index in [1.54, 1.807) is 6.20 Å². The van der Waals surface area contributed by atoms with Crippen LogP contribution in [0.1, 0.15) is 45.2 Å². The molecular formula is C14H21NO. The van der Waals surface area contributed by atoms with Crippen molar-refractivity contribution < 1.29 is 4.79 Å². The molecule has 2 nitrogen and oxygen atoms in total. The second-order valence-electron chi connectivity index (χ2n) is 4.25. The fourth-order valence-corrected chi connectivity index (χ4v) is 1.81. The highest BCUT2D eigenvalue weighted by Crippen LogP contribution is 2.14. The van der Waals surface area contributed by atoms with Crippen LogP contribution in [0, 0.1) is 5.92 Å². The molecule has 0 saturated carbocycles. The molecule has 0 aromatic carbocycles. The number of carbonyl (C=O) groups excluding carboxylic acids is 1. The fourth-order valence-electron chi connectivity index (χ4n) is 1.81. The van der Waals surface area contributed by atoms with Crippen LogP contribution < -0.4 is 0 Å². The monoisotopic (exact) mass is 219 g/mol. The maximum absolute atomic E-state index is 11.7. The summed E-state index contributed by atoms with van der Waals surface area (Å²) < 4.78 is 0. The largest absolute Gasteiger partial charge is 0.300 e. The summed E-state index contributed by atoms with van der Waals surface area (Å²) in [6.45, 7) is 4.31. The SMILES string of the molecule is CCC(CC)CC(=O)CCc1ccccn1. The zero-order chi connectivity index (χ0) is 11.8. The number of nitrogens with zero attached hydrogens (tertiary/aromatic N) is 1. The Labute approximate surface area is 98.1 Å². The summed E-state index contributed by atoms with van der Waals surface area (Å²) in [6.07, 6.45) is 6.13. The average molecular weight is 219 g/mol. The van der Waals surface area contributed by atoms with Gasteiger partial charge in [0, 0.05) is 24.7 Å². The Morgan fingerprint density at radius 3 is 2.62 bits per heavy atom. The van der Waals surface area contributed by atoms with E-state index in [1.165, 1.54) is 0 Å². The molecule has 0 radical (unpaired) electrons. The number of carbonyl (C=O) groups is 1. The van der Waals surface area contributed by atoms with Gasteiger partial charge in [-0.3, -0.25) is 9.78 Å². The van der Waals surface area contributed by atoms with E-state index in [-0.39, 0.29) is 0 Å². The molecule has 0 unspecified atom stereocenters. The maximum atomic E-state index is 11.7. The summed E-state index contributed by atoms with van der Waals surface area (Å²) >= 11 is 0. The molecule has 0 aliphatic rings. The first kappa shape index (κ1) is 12.9. The molecule has 0 aliphatic carbocycles. The minimum Gasteiger partial charge on any atom is -0.300 e. The van der Waals surface area contributed by atoms with Gasteiger partial charge >= 0.3 is 0 Å². The topological polar surface area (TPSA) is 30.0 Å². The Morgan fingerprint density at radius 2 is 2.06 bits per heavy atom.